The summed E-state index contributed by atoms with van der Waals surface area (Å²) in [6.07, 6.45) is 0. The molecule has 0 aliphatic rings. The molecule has 0 saturated carbocycles. The topological polar surface area (TPSA) is 75.2 Å². The molecule has 0 amide bonds. The molecule has 0 saturated heterocycles. The van der Waals surface area contributed by atoms with Crippen LogP contribution in [0.3, 0.4) is 0 Å². The van der Waals surface area contributed by atoms with Crippen LogP contribution in [0.4, 0.5) is 31.5 Å². The van der Waals surface area contributed by atoms with Gasteiger partial charge in [-0.2, -0.15) is 0 Å². The van der Waals surface area contributed by atoms with E-state index in [-0.39, 0.29) is 11.6 Å². The van der Waals surface area contributed by atoms with E-state index in [0.29, 0.717) is 71.1 Å². The summed E-state index contributed by atoms with van der Waals surface area (Å²) in [4.78, 5) is 28.2. The molecule has 0 fully saturated rings. The van der Waals surface area contributed by atoms with E-state index in [1.54, 1.807) is 38.1 Å². The summed E-state index contributed by atoms with van der Waals surface area (Å²) in [5.41, 5.74) is 9.38. The normalized spacial score (nSPS) is 12.2. The number of hydrogen-bond acceptors (Lipinski definition) is 6. The number of benzene rings is 3. The first kappa shape index (κ1) is 43.1. The van der Waals surface area contributed by atoms with Crippen molar-refractivity contribution < 1.29 is 34.6 Å². The summed E-state index contributed by atoms with van der Waals surface area (Å²) in [5, 5.41) is 0. The third kappa shape index (κ3) is 13.0. The van der Waals surface area contributed by atoms with Crippen molar-refractivity contribution in [2.75, 3.05) is 0 Å². The fourth-order valence-electron chi connectivity index (χ4n) is 4.69. The van der Waals surface area contributed by atoms with Gasteiger partial charge in [0, 0.05) is 11.1 Å². The van der Waals surface area contributed by atoms with Crippen LogP contribution in [0.2, 0.25) is 0 Å². The van der Waals surface area contributed by atoms with Gasteiger partial charge in [-0.1, -0.05) is 24.3 Å². The van der Waals surface area contributed by atoms with Crippen LogP contribution in [0.25, 0.3) is 0 Å². The van der Waals surface area contributed by atoms with E-state index in [4.69, 9.17) is 60.5 Å². The molecule has 2 aromatic heterocycles. The summed E-state index contributed by atoms with van der Waals surface area (Å²) in [5.74, 6) is -0.573. The molecule has 2 heterocycles. The second-order valence-electron chi connectivity index (χ2n) is 11.0. The molecular formula is C38H34Cl4Co2F2N6. The molecule has 0 N–H and O–H groups in total. The van der Waals surface area contributed by atoms with Gasteiger partial charge in [0.05, 0.1) is 68.4 Å². The van der Waals surface area contributed by atoms with Crippen LogP contribution in [-0.2, 0) is 25.8 Å². The summed E-state index contributed by atoms with van der Waals surface area (Å²) in [6, 6.07) is 28.7. The fraction of sp³-hybridized carbons (Fsp3) is 0.158. The predicted octanol–water partition coefficient (Wildman–Crippen LogP) is 12.7. The zero-order valence-corrected chi connectivity index (χ0v) is 34.0. The Morgan fingerprint density at radius 3 is 1.04 bits per heavy atom. The van der Waals surface area contributed by atoms with Gasteiger partial charge in [-0.15, -0.1) is 0 Å². The number of aliphatic imine (C=N–C) groups is 4. The standard InChI is InChI=1S/C38H34F2N6.4ClH.2Co/c1-23-31(39)11-7-13-33(23)43-27(5)37-17-9-15-35(45-37)25(3)41-29-19-21-30(22-20-29)42-26(4)36-16-10-18-38(46-36)28(6)44-34-14-8-12-32(40)24(34)2;;;;;;/h7-22H,1-6H3;4*1H;;/q;;;;;2*+2/p-4. The number of pyridine rings is 2. The maximum absolute atomic E-state index is 14.0. The van der Waals surface area contributed by atoms with Crippen molar-refractivity contribution in [3.05, 3.63) is 143 Å². The average molecular weight is 872 g/mol. The van der Waals surface area contributed by atoms with Crippen LogP contribution in [0.1, 0.15) is 61.6 Å². The second kappa shape index (κ2) is 22.0. The number of rotatable bonds is 8. The molecule has 5 aromatic rings. The molecule has 5 rings (SSSR count). The van der Waals surface area contributed by atoms with Gasteiger partial charge < -0.3 is 0 Å². The summed E-state index contributed by atoms with van der Waals surface area (Å²) in [7, 11) is 18.9. The average Bonchev–Trinajstić information content (AvgIpc) is 3.13. The van der Waals surface area contributed by atoms with Gasteiger partial charge in [0.15, 0.2) is 0 Å². The summed E-state index contributed by atoms with van der Waals surface area (Å²) >= 11 is 0.764. The SMILES string of the molecule is CC(=Nc1ccc(N=C(C)c2cccc(C(C)=Nc3cccc(F)c3C)n2)cc1)c1cccc(C(C)=Nc2cccc(F)c2C)n1.[Cl][Co][Cl].[Cl][Co][Cl]. The molecule has 276 valence electrons. The molecule has 0 unspecified atom stereocenters. The van der Waals surface area contributed by atoms with Gasteiger partial charge in [0.1, 0.15) is 11.6 Å². The Hall–Kier alpha value is -3.33. The molecule has 0 aliphatic carbocycles. The van der Waals surface area contributed by atoms with E-state index in [1.165, 1.54) is 12.1 Å². The zero-order valence-electron chi connectivity index (χ0n) is 28.9. The van der Waals surface area contributed by atoms with Crippen LogP contribution in [-0.4, -0.2) is 32.8 Å². The van der Waals surface area contributed by atoms with E-state index in [9.17, 15) is 8.78 Å². The molecule has 0 radical (unpaired) electrons. The van der Waals surface area contributed by atoms with Crippen molar-refractivity contribution in [1.82, 2.24) is 9.97 Å². The number of hydrogen-bond donors (Lipinski definition) is 0. The first-order valence-electron chi connectivity index (χ1n) is 15.4. The van der Waals surface area contributed by atoms with Gasteiger partial charge in [0.25, 0.3) is 0 Å². The number of nitrogens with zero attached hydrogens (tertiary/aromatic N) is 6. The van der Waals surface area contributed by atoms with Gasteiger partial charge in [-0.05, 0) is 114 Å². The van der Waals surface area contributed by atoms with Crippen molar-refractivity contribution in [1.29, 1.82) is 0 Å². The maximum atomic E-state index is 14.0. The van der Waals surface area contributed by atoms with Crippen molar-refractivity contribution in [2.45, 2.75) is 41.5 Å². The van der Waals surface area contributed by atoms with Gasteiger partial charge in [-0.25, -0.2) is 18.7 Å². The molecular weight excluding hydrogens is 838 g/mol. The molecule has 0 spiro atoms. The van der Waals surface area contributed by atoms with Crippen molar-refractivity contribution in [3.63, 3.8) is 0 Å². The van der Waals surface area contributed by atoms with Gasteiger partial charge in [0.2, 0.25) is 0 Å². The Balaban J connectivity index is 0.00000114. The quantitative estimate of drug-likeness (QED) is 0.146. The first-order chi connectivity index (χ1) is 24.9. The number of halogens is 6. The summed E-state index contributed by atoms with van der Waals surface area (Å²) in [6.45, 7) is 11.0. The van der Waals surface area contributed by atoms with Crippen molar-refractivity contribution in [2.24, 2.45) is 20.0 Å². The minimum absolute atomic E-state index is 0.286. The first-order valence-corrected chi connectivity index (χ1v) is 21.1. The molecule has 3 aromatic carbocycles. The van der Waals surface area contributed by atoms with Crippen LogP contribution >= 0.6 is 40.6 Å². The third-order valence-electron chi connectivity index (χ3n) is 7.48. The van der Waals surface area contributed by atoms with E-state index in [2.05, 4.69) is 9.98 Å². The molecule has 6 nitrogen and oxygen atoms in total. The Bertz CT molecular complexity index is 1940. The van der Waals surface area contributed by atoms with Crippen molar-refractivity contribution in [3.8, 4) is 0 Å². The van der Waals surface area contributed by atoms with Crippen LogP contribution in [0, 0.1) is 25.5 Å². The monoisotopic (exact) mass is 870 g/mol. The van der Waals surface area contributed by atoms with E-state index < -0.39 is 0 Å². The summed E-state index contributed by atoms with van der Waals surface area (Å²) < 4.78 is 27.9. The molecule has 0 bridgehead atoms. The third-order valence-corrected chi connectivity index (χ3v) is 7.48. The Labute approximate surface area is 332 Å². The molecule has 14 heteroatoms. The van der Waals surface area contributed by atoms with Gasteiger partial charge >= 0.3 is 66.4 Å². The Morgan fingerprint density at radius 2 is 0.731 bits per heavy atom. The molecule has 0 atom stereocenters. The Kier molecular flexibility index (Phi) is 18.2. The fourth-order valence-corrected chi connectivity index (χ4v) is 4.69. The predicted molar refractivity (Wildman–Crippen MR) is 208 cm³/mol. The zero-order chi connectivity index (χ0) is 38.2. The van der Waals surface area contributed by atoms with Crippen LogP contribution in [0.5, 0.6) is 0 Å². The Morgan fingerprint density at radius 1 is 0.462 bits per heavy atom. The molecule has 0 aliphatic heterocycles. The molecule has 52 heavy (non-hydrogen) atoms. The van der Waals surface area contributed by atoms with E-state index in [1.807, 2.05) is 88.4 Å². The minimum atomic E-state index is -0.286. The van der Waals surface area contributed by atoms with Crippen molar-refractivity contribution >= 4 is 86.2 Å². The van der Waals surface area contributed by atoms with Crippen LogP contribution < -0.4 is 0 Å². The van der Waals surface area contributed by atoms with Crippen LogP contribution in [0.15, 0.2) is 117 Å². The van der Waals surface area contributed by atoms with E-state index in [0.717, 1.165) is 34.2 Å². The second-order valence-corrected chi connectivity index (χ2v) is 14.4. The number of aromatic nitrogens is 2. The van der Waals surface area contributed by atoms with Gasteiger partial charge in [-0.3, -0.25) is 20.0 Å². The van der Waals surface area contributed by atoms with E-state index >= 15 is 0 Å².